The summed E-state index contributed by atoms with van der Waals surface area (Å²) in [6, 6.07) is 0. The van der Waals surface area contributed by atoms with Crippen LogP contribution < -0.4 is 5.32 Å². The Hall–Kier alpha value is -0.830. The van der Waals surface area contributed by atoms with Crippen molar-refractivity contribution in [2.75, 3.05) is 6.54 Å². The summed E-state index contributed by atoms with van der Waals surface area (Å²) in [5.41, 5.74) is 0.995. The molecule has 0 atom stereocenters. The van der Waals surface area contributed by atoms with E-state index in [1.807, 2.05) is 13.8 Å². The van der Waals surface area contributed by atoms with Crippen molar-refractivity contribution in [3.05, 3.63) is 17.3 Å². The first kappa shape index (κ1) is 12.2. The van der Waals surface area contributed by atoms with Gasteiger partial charge in [0, 0.05) is 0 Å². The van der Waals surface area contributed by atoms with Gasteiger partial charge in [-0.1, -0.05) is 26.7 Å². The highest BCUT2D eigenvalue weighted by Crippen LogP contribution is 2.09. The normalized spacial score (nSPS) is 11.3. The Morgan fingerprint density at radius 2 is 1.93 bits per heavy atom. The topological polar surface area (TPSA) is 38.1 Å². The average Bonchev–Trinajstić information content (AvgIpc) is 2.53. The van der Waals surface area contributed by atoms with Gasteiger partial charge in [0.05, 0.1) is 12.2 Å². The summed E-state index contributed by atoms with van der Waals surface area (Å²) < 4.78 is 5.49. The van der Waals surface area contributed by atoms with Gasteiger partial charge < -0.3 is 9.73 Å². The maximum atomic E-state index is 5.49. The van der Waals surface area contributed by atoms with Crippen LogP contribution in [0.15, 0.2) is 4.42 Å². The van der Waals surface area contributed by atoms with Gasteiger partial charge in [-0.25, -0.2) is 4.98 Å². The van der Waals surface area contributed by atoms with Crippen LogP contribution in [0.1, 0.15) is 44.0 Å². The molecule has 1 aromatic rings. The van der Waals surface area contributed by atoms with Crippen LogP contribution in [-0.2, 0) is 6.54 Å². The molecule has 0 bridgehead atoms. The summed E-state index contributed by atoms with van der Waals surface area (Å²) in [7, 11) is 0. The minimum absolute atomic E-state index is 0.741. The summed E-state index contributed by atoms with van der Waals surface area (Å²) in [6.07, 6.45) is 2.46. The lowest BCUT2D eigenvalue weighted by atomic mass is 10.0. The third-order valence-electron chi connectivity index (χ3n) is 2.94. The number of hydrogen-bond acceptors (Lipinski definition) is 3. The minimum atomic E-state index is 0.741. The number of nitrogens with zero attached hydrogens (tertiary/aromatic N) is 1. The monoisotopic (exact) mass is 210 g/mol. The maximum Gasteiger partial charge on any atom is 0.208 e. The van der Waals surface area contributed by atoms with Crippen LogP contribution in [0.25, 0.3) is 0 Å². The molecule has 0 unspecified atom stereocenters. The molecular weight excluding hydrogens is 188 g/mol. The van der Waals surface area contributed by atoms with Gasteiger partial charge in [0.1, 0.15) is 5.76 Å². The molecule has 0 aliphatic carbocycles. The van der Waals surface area contributed by atoms with E-state index in [0.717, 1.165) is 36.4 Å². The summed E-state index contributed by atoms with van der Waals surface area (Å²) in [5.74, 6) is 2.49. The van der Waals surface area contributed by atoms with Crippen LogP contribution in [-0.4, -0.2) is 11.5 Å². The molecule has 1 heterocycles. The second-order valence-corrected chi connectivity index (χ2v) is 4.06. The lowest BCUT2D eigenvalue weighted by Gasteiger charge is -2.11. The van der Waals surface area contributed by atoms with E-state index in [2.05, 4.69) is 24.1 Å². The van der Waals surface area contributed by atoms with Crippen molar-refractivity contribution in [3.63, 3.8) is 0 Å². The van der Waals surface area contributed by atoms with Crippen LogP contribution in [0.5, 0.6) is 0 Å². The van der Waals surface area contributed by atoms with E-state index in [1.165, 1.54) is 12.8 Å². The first-order valence-electron chi connectivity index (χ1n) is 5.81. The molecule has 15 heavy (non-hydrogen) atoms. The maximum absolute atomic E-state index is 5.49. The number of aryl methyl sites for hydroxylation is 2. The lowest BCUT2D eigenvalue weighted by Crippen LogP contribution is -2.21. The standard InChI is InChI=1S/C12H22N2O/c1-5-11(6-2)7-13-8-12-14-9(3)10(4)15-12/h11,13H,5-8H2,1-4H3. The third-order valence-corrected chi connectivity index (χ3v) is 2.94. The van der Waals surface area contributed by atoms with Crippen molar-refractivity contribution < 1.29 is 4.42 Å². The molecule has 0 saturated carbocycles. The summed E-state index contributed by atoms with van der Waals surface area (Å²) in [4.78, 5) is 4.33. The Labute approximate surface area is 92.3 Å². The Kier molecular flexibility index (Phi) is 4.82. The quantitative estimate of drug-likeness (QED) is 0.784. The highest BCUT2D eigenvalue weighted by Gasteiger charge is 2.06. The zero-order valence-corrected chi connectivity index (χ0v) is 10.3. The molecule has 0 aliphatic heterocycles. The third kappa shape index (κ3) is 3.67. The fourth-order valence-electron chi connectivity index (χ4n) is 1.58. The number of hydrogen-bond donors (Lipinski definition) is 1. The average molecular weight is 210 g/mol. The predicted molar refractivity (Wildman–Crippen MR) is 61.8 cm³/mol. The molecule has 0 aromatic carbocycles. The molecule has 0 radical (unpaired) electrons. The molecule has 3 nitrogen and oxygen atoms in total. The van der Waals surface area contributed by atoms with E-state index < -0.39 is 0 Å². The Morgan fingerprint density at radius 3 is 2.40 bits per heavy atom. The molecule has 3 heteroatoms. The smallest absolute Gasteiger partial charge is 0.208 e. The highest BCUT2D eigenvalue weighted by molar-refractivity contribution is 5.05. The van der Waals surface area contributed by atoms with Crippen LogP contribution in [0.3, 0.4) is 0 Å². The van der Waals surface area contributed by atoms with Crippen molar-refractivity contribution in [3.8, 4) is 0 Å². The number of rotatable bonds is 6. The molecule has 0 fully saturated rings. The lowest BCUT2D eigenvalue weighted by molar-refractivity contribution is 0.408. The van der Waals surface area contributed by atoms with Crippen LogP contribution >= 0.6 is 0 Å². The van der Waals surface area contributed by atoms with Crippen molar-refractivity contribution in [2.24, 2.45) is 5.92 Å². The van der Waals surface area contributed by atoms with Gasteiger partial charge in [0.2, 0.25) is 5.89 Å². The number of nitrogens with one attached hydrogen (secondary N) is 1. The van der Waals surface area contributed by atoms with Gasteiger partial charge in [0.15, 0.2) is 0 Å². The fourth-order valence-corrected chi connectivity index (χ4v) is 1.58. The molecule has 0 spiro atoms. The second kappa shape index (κ2) is 5.91. The molecule has 0 aliphatic rings. The van der Waals surface area contributed by atoms with Gasteiger partial charge in [-0.2, -0.15) is 0 Å². The van der Waals surface area contributed by atoms with E-state index in [9.17, 15) is 0 Å². The molecule has 0 amide bonds. The van der Waals surface area contributed by atoms with Crippen LogP contribution in [0.2, 0.25) is 0 Å². The fraction of sp³-hybridized carbons (Fsp3) is 0.750. The largest absolute Gasteiger partial charge is 0.444 e. The SMILES string of the molecule is CCC(CC)CNCc1nc(C)c(C)o1. The van der Waals surface area contributed by atoms with Gasteiger partial charge in [0.25, 0.3) is 0 Å². The first-order chi connectivity index (χ1) is 7.17. The van der Waals surface area contributed by atoms with Crippen molar-refractivity contribution in [1.29, 1.82) is 0 Å². The number of aromatic nitrogens is 1. The van der Waals surface area contributed by atoms with Gasteiger partial charge in [-0.15, -0.1) is 0 Å². The summed E-state index contributed by atoms with van der Waals surface area (Å²) >= 11 is 0. The minimum Gasteiger partial charge on any atom is -0.444 e. The van der Waals surface area contributed by atoms with E-state index in [-0.39, 0.29) is 0 Å². The molecule has 0 saturated heterocycles. The summed E-state index contributed by atoms with van der Waals surface area (Å²) in [6.45, 7) is 10.2. The van der Waals surface area contributed by atoms with Crippen molar-refractivity contribution in [1.82, 2.24) is 10.3 Å². The van der Waals surface area contributed by atoms with Crippen molar-refractivity contribution in [2.45, 2.75) is 47.1 Å². The summed E-state index contributed by atoms with van der Waals surface area (Å²) in [5, 5.41) is 3.39. The predicted octanol–water partition coefficient (Wildman–Crippen LogP) is 2.82. The highest BCUT2D eigenvalue weighted by atomic mass is 16.4. The Morgan fingerprint density at radius 1 is 1.27 bits per heavy atom. The van der Waals surface area contributed by atoms with Gasteiger partial charge >= 0.3 is 0 Å². The van der Waals surface area contributed by atoms with E-state index in [1.54, 1.807) is 0 Å². The van der Waals surface area contributed by atoms with E-state index in [4.69, 9.17) is 4.42 Å². The zero-order valence-electron chi connectivity index (χ0n) is 10.3. The Balaban J connectivity index is 2.31. The molecule has 1 aromatic heterocycles. The van der Waals surface area contributed by atoms with Crippen LogP contribution in [0, 0.1) is 19.8 Å². The van der Waals surface area contributed by atoms with E-state index in [0.29, 0.717) is 0 Å². The Bertz CT molecular complexity index is 270. The van der Waals surface area contributed by atoms with Gasteiger partial charge in [-0.3, -0.25) is 0 Å². The molecule has 1 rings (SSSR count). The van der Waals surface area contributed by atoms with E-state index >= 15 is 0 Å². The van der Waals surface area contributed by atoms with Crippen molar-refractivity contribution >= 4 is 0 Å². The molecule has 1 N–H and O–H groups in total. The van der Waals surface area contributed by atoms with Gasteiger partial charge in [-0.05, 0) is 26.3 Å². The zero-order chi connectivity index (χ0) is 11.3. The first-order valence-corrected chi connectivity index (χ1v) is 5.81. The second-order valence-electron chi connectivity index (χ2n) is 4.06. The molecular formula is C12H22N2O. The molecule has 86 valence electrons. The number of oxazole rings is 1. The van der Waals surface area contributed by atoms with Crippen LogP contribution in [0.4, 0.5) is 0 Å².